The molecule has 0 amide bonds. The first-order chi connectivity index (χ1) is 29.0. The normalized spacial score (nSPS) is 13.1. The zero-order chi connectivity index (χ0) is 39.2. The second-order valence-electron chi connectivity index (χ2n) is 16.0. The van der Waals surface area contributed by atoms with Crippen LogP contribution in [-0.4, -0.2) is 19.5 Å². The number of aromatic nitrogens is 4. The van der Waals surface area contributed by atoms with Gasteiger partial charge in [0, 0.05) is 49.3 Å². The number of fused-ring (bicyclic) bond motifs is 10. The molecule has 12 rings (SSSR count). The Bertz CT molecular complexity index is 3480. The van der Waals surface area contributed by atoms with Gasteiger partial charge in [-0.1, -0.05) is 147 Å². The largest absolute Gasteiger partial charge is 0.456 e. The Kier molecular flexibility index (Phi) is 7.20. The molecule has 0 spiro atoms. The van der Waals surface area contributed by atoms with Gasteiger partial charge < -0.3 is 8.98 Å². The quantitative estimate of drug-likeness (QED) is 0.175. The fraction of sp³-hybridized carbons (Fsp3) is 0.0556. The zero-order valence-corrected chi connectivity index (χ0v) is 32.5. The summed E-state index contributed by atoms with van der Waals surface area (Å²) in [5.74, 6) is 1.78. The summed E-state index contributed by atoms with van der Waals surface area (Å²) in [6, 6.07) is 64.1. The van der Waals surface area contributed by atoms with Crippen LogP contribution in [0.15, 0.2) is 186 Å². The van der Waals surface area contributed by atoms with E-state index in [2.05, 4.69) is 170 Å². The Hall–Kier alpha value is -7.63. The predicted octanol–water partition coefficient (Wildman–Crippen LogP) is 13.8. The van der Waals surface area contributed by atoms with Crippen molar-refractivity contribution in [3.05, 3.63) is 193 Å². The van der Waals surface area contributed by atoms with Crippen molar-refractivity contribution < 1.29 is 4.42 Å². The lowest BCUT2D eigenvalue weighted by atomic mass is 9.80. The summed E-state index contributed by atoms with van der Waals surface area (Å²) in [6.45, 7) is 4.72. The molecule has 5 heteroatoms. The Balaban J connectivity index is 1.05. The molecule has 0 fully saturated rings. The van der Waals surface area contributed by atoms with Crippen LogP contribution in [0.5, 0.6) is 0 Å². The van der Waals surface area contributed by atoms with Gasteiger partial charge in [-0.2, -0.15) is 0 Å². The molecule has 0 aliphatic heterocycles. The maximum atomic E-state index is 6.32. The molecule has 0 saturated carbocycles. The molecule has 3 heterocycles. The minimum atomic E-state index is -0.150. The average molecular weight is 757 g/mol. The number of para-hydroxylation sites is 2. The molecule has 8 aromatic carbocycles. The van der Waals surface area contributed by atoms with Crippen LogP contribution in [0.3, 0.4) is 0 Å². The highest BCUT2D eigenvalue weighted by Crippen LogP contribution is 2.53. The summed E-state index contributed by atoms with van der Waals surface area (Å²) in [5, 5.41) is 4.69. The molecule has 0 bridgehead atoms. The molecular formula is C54H36N4O. The molecule has 3 aromatic heterocycles. The number of nitrogens with zero attached hydrogens (tertiary/aromatic N) is 4. The standard InChI is InChI=1S/C54H36N4O/c1-54(2)44-23-9-6-20-39(44)42-28-29-46-49(50(42)54)43-22-7-10-24-45(43)58(46)38-19-13-18-36(31-38)52-55-51(35-17-12-16-34(30-35)33-14-4-3-5-15-33)56-53(57-52)37-26-27-41-40-21-8-11-25-47(40)59-48(41)32-37/h3-32H,1-2H3. The zero-order valence-electron chi connectivity index (χ0n) is 32.5. The van der Waals surface area contributed by atoms with Gasteiger partial charge in [0.1, 0.15) is 11.2 Å². The SMILES string of the molecule is CC1(C)c2ccccc2-c2ccc3c(c21)c1ccccc1n3-c1cccc(-c2nc(-c3cccc(-c4ccccc4)c3)nc(-c3ccc4c(c3)oc3ccccc34)n2)c1. The molecule has 59 heavy (non-hydrogen) atoms. The van der Waals surface area contributed by atoms with Gasteiger partial charge in [0.25, 0.3) is 0 Å². The van der Waals surface area contributed by atoms with Crippen molar-refractivity contribution in [3.8, 4) is 62.1 Å². The van der Waals surface area contributed by atoms with E-state index in [1.807, 2.05) is 30.3 Å². The maximum Gasteiger partial charge on any atom is 0.164 e. The number of furan rings is 1. The summed E-state index contributed by atoms with van der Waals surface area (Å²) in [6.07, 6.45) is 0. The van der Waals surface area contributed by atoms with Crippen molar-refractivity contribution >= 4 is 43.7 Å². The van der Waals surface area contributed by atoms with Crippen LogP contribution in [-0.2, 0) is 5.41 Å². The van der Waals surface area contributed by atoms with Gasteiger partial charge in [-0.15, -0.1) is 0 Å². The Labute approximate surface area is 340 Å². The van der Waals surface area contributed by atoms with Gasteiger partial charge in [0.05, 0.1) is 11.0 Å². The molecular weight excluding hydrogens is 721 g/mol. The first-order valence-electron chi connectivity index (χ1n) is 20.1. The summed E-state index contributed by atoms with van der Waals surface area (Å²) < 4.78 is 8.72. The van der Waals surface area contributed by atoms with Gasteiger partial charge >= 0.3 is 0 Å². The van der Waals surface area contributed by atoms with Gasteiger partial charge in [0.15, 0.2) is 17.5 Å². The second kappa shape index (κ2) is 12.7. The van der Waals surface area contributed by atoms with E-state index in [1.165, 1.54) is 38.5 Å². The lowest BCUT2D eigenvalue weighted by Crippen LogP contribution is -2.15. The van der Waals surface area contributed by atoms with Crippen LogP contribution in [0.1, 0.15) is 25.0 Å². The van der Waals surface area contributed by atoms with Crippen molar-refractivity contribution in [1.82, 2.24) is 19.5 Å². The third kappa shape index (κ3) is 5.14. The van der Waals surface area contributed by atoms with E-state index in [9.17, 15) is 0 Å². The van der Waals surface area contributed by atoms with Crippen LogP contribution in [0.25, 0.3) is 106 Å². The highest BCUT2D eigenvalue weighted by molar-refractivity contribution is 6.14. The van der Waals surface area contributed by atoms with Crippen molar-refractivity contribution in [2.75, 3.05) is 0 Å². The van der Waals surface area contributed by atoms with E-state index >= 15 is 0 Å². The minimum absolute atomic E-state index is 0.150. The molecule has 0 unspecified atom stereocenters. The second-order valence-corrected chi connectivity index (χ2v) is 16.0. The van der Waals surface area contributed by atoms with Crippen molar-refractivity contribution in [2.45, 2.75) is 19.3 Å². The van der Waals surface area contributed by atoms with Crippen LogP contribution in [0.2, 0.25) is 0 Å². The summed E-state index contributed by atoms with van der Waals surface area (Å²) >= 11 is 0. The number of benzene rings is 8. The maximum absolute atomic E-state index is 6.32. The van der Waals surface area contributed by atoms with E-state index in [0.717, 1.165) is 61.0 Å². The van der Waals surface area contributed by atoms with Crippen LogP contribution >= 0.6 is 0 Å². The fourth-order valence-corrected chi connectivity index (χ4v) is 9.49. The van der Waals surface area contributed by atoms with Crippen LogP contribution in [0.4, 0.5) is 0 Å². The topological polar surface area (TPSA) is 56.7 Å². The molecule has 1 aliphatic carbocycles. The van der Waals surface area contributed by atoms with Gasteiger partial charge in [0.2, 0.25) is 0 Å². The predicted molar refractivity (Wildman–Crippen MR) is 241 cm³/mol. The van der Waals surface area contributed by atoms with E-state index in [1.54, 1.807) is 0 Å². The molecule has 5 nitrogen and oxygen atoms in total. The lowest BCUT2D eigenvalue weighted by molar-refractivity contribution is 0.666. The van der Waals surface area contributed by atoms with Gasteiger partial charge in [-0.25, -0.2) is 15.0 Å². The van der Waals surface area contributed by atoms with E-state index in [4.69, 9.17) is 19.4 Å². The van der Waals surface area contributed by atoms with Crippen LogP contribution in [0, 0.1) is 0 Å². The van der Waals surface area contributed by atoms with Crippen molar-refractivity contribution in [1.29, 1.82) is 0 Å². The third-order valence-electron chi connectivity index (χ3n) is 12.2. The highest BCUT2D eigenvalue weighted by atomic mass is 16.3. The van der Waals surface area contributed by atoms with Crippen molar-refractivity contribution in [3.63, 3.8) is 0 Å². The summed E-state index contributed by atoms with van der Waals surface area (Å²) in [7, 11) is 0. The molecule has 0 saturated heterocycles. The molecule has 0 N–H and O–H groups in total. The smallest absolute Gasteiger partial charge is 0.164 e. The fourth-order valence-electron chi connectivity index (χ4n) is 9.49. The molecule has 0 radical (unpaired) electrons. The van der Waals surface area contributed by atoms with E-state index in [0.29, 0.717) is 17.5 Å². The Morgan fingerprint density at radius 3 is 1.88 bits per heavy atom. The van der Waals surface area contributed by atoms with Gasteiger partial charge in [-0.3, -0.25) is 0 Å². The Morgan fingerprint density at radius 1 is 0.424 bits per heavy atom. The first-order valence-corrected chi connectivity index (χ1v) is 20.1. The molecule has 278 valence electrons. The summed E-state index contributed by atoms with van der Waals surface area (Å²) in [4.78, 5) is 15.6. The van der Waals surface area contributed by atoms with E-state index < -0.39 is 0 Å². The third-order valence-corrected chi connectivity index (χ3v) is 12.2. The molecule has 1 aliphatic rings. The average Bonchev–Trinajstić information content (AvgIpc) is 3.91. The van der Waals surface area contributed by atoms with Gasteiger partial charge in [-0.05, 0) is 81.9 Å². The lowest BCUT2D eigenvalue weighted by Gasteiger charge is -2.22. The Morgan fingerprint density at radius 2 is 1.05 bits per heavy atom. The van der Waals surface area contributed by atoms with Crippen molar-refractivity contribution in [2.24, 2.45) is 0 Å². The highest BCUT2D eigenvalue weighted by Gasteiger charge is 2.38. The number of rotatable bonds is 5. The summed E-state index contributed by atoms with van der Waals surface area (Å²) in [5.41, 5.74) is 15.2. The van der Waals surface area contributed by atoms with Crippen LogP contribution < -0.4 is 0 Å². The van der Waals surface area contributed by atoms with E-state index in [-0.39, 0.29) is 5.41 Å². The first kappa shape index (κ1) is 33.5. The number of hydrogen-bond acceptors (Lipinski definition) is 4. The minimum Gasteiger partial charge on any atom is -0.456 e. The molecule has 0 atom stereocenters. The molecule has 11 aromatic rings. The number of hydrogen-bond donors (Lipinski definition) is 0. The monoisotopic (exact) mass is 756 g/mol.